The van der Waals surface area contributed by atoms with Gasteiger partial charge in [0.1, 0.15) is 13.2 Å². The first-order chi connectivity index (χ1) is 20.8. The third-order valence-corrected chi connectivity index (χ3v) is 9.08. The number of esters is 2. The fourth-order valence-electron chi connectivity index (χ4n) is 3.79. The molecule has 1 saturated heterocycles. The summed E-state index contributed by atoms with van der Waals surface area (Å²) in [7, 11) is 3.87. The number of hydrogen-bond donors (Lipinski definition) is 2. The van der Waals surface area contributed by atoms with Gasteiger partial charge in [-0.3, -0.25) is 29.3 Å². The summed E-state index contributed by atoms with van der Waals surface area (Å²) in [4.78, 5) is 57.5. The molecule has 2 rings (SSSR count). The van der Waals surface area contributed by atoms with E-state index < -0.39 is 16.9 Å². The molecule has 0 radical (unpaired) electrons. The van der Waals surface area contributed by atoms with Gasteiger partial charge in [-0.2, -0.15) is 0 Å². The molecule has 0 bridgehead atoms. The molecule has 15 heteroatoms. The van der Waals surface area contributed by atoms with E-state index >= 15 is 0 Å². The minimum atomic E-state index is -0.508. The highest BCUT2D eigenvalue weighted by molar-refractivity contribution is 8.77. The quantitative estimate of drug-likeness (QED) is 0.0588. The largest absolute Gasteiger partial charge is 0.464 e. The number of ether oxygens (including phenoxy) is 4. The summed E-state index contributed by atoms with van der Waals surface area (Å²) in [5, 5.41) is 16.8. The number of nitrogens with zero attached hydrogens (tertiary/aromatic N) is 1. The van der Waals surface area contributed by atoms with E-state index in [1.165, 1.54) is 36.4 Å². The highest BCUT2D eigenvalue weighted by Crippen LogP contribution is 2.39. The Kier molecular flexibility index (Phi) is 19.1. The molecule has 13 nitrogen and oxygen atoms in total. The third-order valence-electron chi connectivity index (χ3n) is 6.08. The van der Waals surface area contributed by atoms with Crippen molar-refractivity contribution in [3.05, 3.63) is 39.9 Å². The van der Waals surface area contributed by atoms with E-state index in [0.29, 0.717) is 12.0 Å². The van der Waals surface area contributed by atoms with Crippen molar-refractivity contribution in [3.8, 4) is 0 Å². The molecule has 1 aromatic rings. The number of nitrogens with one attached hydrogen (secondary N) is 2. The van der Waals surface area contributed by atoms with Crippen molar-refractivity contribution < 1.29 is 43.0 Å². The highest BCUT2D eigenvalue weighted by atomic mass is 33.1. The van der Waals surface area contributed by atoms with Crippen molar-refractivity contribution in [2.45, 2.75) is 56.6 Å². The first-order valence-corrected chi connectivity index (χ1v) is 16.7. The van der Waals surface area contributed by atoms with Crippen molar-refractivity contribution >= 4 is 51.0 Å². The molecule has 1 fully saturated rings. The fraction of sp³-hybridized carbons (Fsp3) is 0.643. The molecule has 0 saturated carbocycles. The first-order valence-electron chi connectivity index (χ1n) is 14.3. The smallest absolute Gasteiger partial charge is 0.310 e. The zero-order valence-electron chi connectivity index (χ0n) is 24.3. The van der Waals surface area contributed by atoms with Gasteiger partial charge in [0, 0.05) is 42.5 Å². The molecule has 1 aromatic carbocycles. The van der Waals surface area contributed by atoms with Crippen LogP contribution in [0.2, 0.25) is 0 Å². The minimum Gasteiger partial charge on any atom is -0.464 e. The van der Waals surface area contributed by atoms with Crippen LogP contribution in [0.3, 0.4) is 0 Å². The fourth-order valence-corrected chi connectivity index (χ4v) is 6.82. The van der Waals surface area contributed by atoms with Gasteiger partial charge < -0.3 is 29.6 Å². The Balaban J connectivity index is 1.32. The van der Waals surface area contributed by atoms with E-state index in [4.69, 9.17) is 18.9 Å². The number of non-ortho nitro benzene ring substituents is 1. The Labute approximate surface area is 259 Å². The van der Waals surface area contributed by atoms with Crippen molar-refractivity contribution in [1.29, 1.82) is 0 Å². The maximum absolute atomic E-state index is 11.9. The number of nitro benzene ring substituents is 1. The highest BCUT2D eigenvalue weighted by Gasteiger charge is 2.16. The summed E-state index contributed by atoms with van der Waals surface area (Å²) < 4.78 is 20.8. The Hall–Kier alpha value is -2.88. The number of carbonyl (C=O) groups excluding carboxylic acids is 4. The predicted octanol–water partition coefficient (Wildman–Crippen LogP) is 2.98. The van der Waals surface area contributed by atoms with Crippen LogP contribution >= 0.6 is 21.6 Å². The zero-order chi connectivity index (χ0) is 31.1. The lowest BCUT2D eigenvalue weighted by Crippen LogP contribution is -2.29. The van der Waals surface area contributed by atoms with Crippen LogP contribution in [0.5, 0.6) is 0 Å². The van der Waals surface area contributed by atoms with E-state index in [9.17, 15) is 29.3 Å². The Morgan fingerprint density at radius 2 is 1.47 bits per heavy atom. The van der Waals surface area contributed by atoms with Gasteiger partial charge in [-0.25, -0.2) is 0 Å². The summed E-state index contributed by atoms with van der Waals surface area (Å²) in [6.07, 6.45) is 4.73. The lowest BCUT2D eigenvalue weighted by molar-refractivity contribution is -0.384. The van der Waals surface area contributed by atoms with Crippen LogP contribution in [0.1, 0.15) is 50.5 Å². The van der Waals surface area contributed by atoms with Crippen LogP contribution in [-0.2, 0) is 44.5 Å². The van der Waals surface area contributed by atoms with Crippen molar-refractivity contribution in [2.24, 2.45) is 0 Å². The summed E-state index contributed by atoms with van der Waals surface area (Å²) in [6.45, 7) is 1.69. The SMILES string of the molecule is O=C(CCCCC1CCSS1)NCCOC(=O)CCC(=O)NCCOCCOCCOC(=O)Cc1ccc([N+](=O)[O-])cc1. The van der Waals surface area contributed by atoms with Gasteiger partial charge >= 0.3 is 11.9 Å². The lowest BCUT2D eigenvalue weighted by Gasteiger charge is -2.09. The molecule has 1 unspecified atom stereocenters. The molecule has 0 aromatic heterocycles. The van der Waals surface area contributed by atoms with Crippen LogP contribution in [0.4, 0.5) is 5.69 Å². The lowest BCUT2D eigenvalue weighted by atomic mass is 10.1. The van der Waals surface area contributed by atoms with E-state index in [0.717, 1.165) is 24.5 Å². The molecule has 0 aliphatic carbocycles. The van der Waals surface area contributed by atoms with Gasteiger partial charge in [-0.1, -0.05) is 40.1 Å². The van der Waals surface area contributed by atoms with Gasteiger partial charge in [0.25, 0.3) is 5.69 Å². The minimum absolute atomic E-state index is 0.00496. The normalized spacial score (nSPS) is 14.2. The average Bonchev–Trinajstić information content (AvgIpc) is 3.51. The van der Waals surface area contributed by atoms with Crippen LogP contribution < -0.4 is 10.6 Å². The number of amides is 2. The average molecular weight is 644 g/mol. The van der Waals surface area contributed by atoms with Crippen LogP contribution in [-0.4, -0.2) is 92.4 Å². The number of rotatable bonds is 23. The van der Waals surface area contributed by atoms with Crippen molar-refractivity contribution in [1.82, 2.24) is 10.6 Å². The van der Waals surface area contributed by atoms with Gasteiger partial charge in [-0.15, -0.1) is 0 Å². The van der Waals surface area contributed by atoms with E-state index in [1.54, 1.807) is 0 Å². The zero-order valence-corrected chi connectivity index (χ0v) is 25.9. The number of carbonyl (C=O) groups is 4. The second-order valence-corrected chi connectivity index (χ2v) is 12.3. The molecule has 240 valence electrons. The molecule has 1 heterocycles. The van der Waals surface area contributed by atoms with Gasteiger partial charge in [0.05, 0.1) is 50.7 Å². The molecule has 1 aliphatic heterocycles. The molecule has 2 amide bonds. The van der Waals surface area contributed by atoms with Gasteiger partial charge in [0.15, 0.2) is 0 Å². The van der Waals surface area contributed by atoms with E-state index in [-0.39, 0.29) is 89.5 Å². The number of nitro groups is 1. The summed E-state index contributed by atoms with van der Waals surface area (Å²) in [5.41, 5.74) is 0.569. The maximum atomic E-state index is 11.9. The third kappa shape index (κ3) is 18.4. The number of unbranched alkanes of at least 4 members (excludes halogenated alkanes) is 1. The van der Waals surface area contributed by atoms with Crippen molar-refractivity contribution in [2.75, 3.05) is 58.5 Å². The molecular formula is C28H41N3O10S2. The van der Waals surface area contributed by atoms with Crippen LogP contribution in [0, 0.1) is 10.1 Å². The van der Waals surface area contributed by atoms with E-state index in [1.807, 2.05) is 21.6 Å². The molecule has 1 aliphatic rings. The molecule has 43 heavy (non-hydrogen) atoms. The second kappa shape index (κ2) is 22.6. The summed E-state index contributed by atoms with van der Waals surface area (Å²) in [6, 6.07) is 5.68. The predicted molar refractivity (Wildman–Crippen MR) is 163 cm³/mol. The maximum Gasteiger partial charge on any atom is 0.310 e. The number of hydrogen-bond acceptors (Lipinski definition) is 12. The standard InChI is InChI=1S/C28H41N3O10S2/c32-25(4-2-1-3-24-11-20-42-43-24)30-13-15-40-27(34)10-9-26(33)29-12-14-38-16-17-39-18-19-41-28(35)21-22-5-7-23(8-6-22)31(36)37/h5-8,24H,1-4,9-21H2,(H,29,33)(H,30,32). The molecule has 1 atom stereocenters. The van der Waals surface area contributed by atoms with Crippen molar-refractivity contribution in [3.63, 3.8) is 0 Å². The molecule has 0 spiro atoms. The molecular weight excluding hydrogens is 602 g/mol. The monoisotopic (exact) mass is 643 g/mol. The Morgan fingerprint density at radius 3 is 2.16 bits per heavy atom. The Bertz CT molecular complexity index is 1010. The first kappa shape index (κ1) is 36.3. The van der Waals surface area contributed by atoms with Gasteiger partial charge in [-0.05, 0) is 24.8 Å². The van der Waals surface area contributed by atoms with Crippen LogP contribution in [0.15, 0.2) is 24.3 Å². The number of benzene rings is 1. The second-order valence-electron chi connectivity index (χ2n) is 9.54. The Morgan fingerprint density at radius 1 is 0.814 bits per heavy atom. The topological polar surface area (TPSA) is 172 Å². The van der Waals surface area contributed by atoms with E-state index in [2.05, 4.69) is 10.6 Å². The van der Waals surface area contributed by atoms with Gasteiger partial charge in [0.2, 0.25) is 11.8 Å². The van der Waals surface area contributed by atoms with Crippen LogP contribution in [0.25, 0.3) is 0 Å². The summed E-state index contributed by atoms with van der Waals surface area (Å²) in [5.74, 6) is -0.0837. The molecule has 2 N–H and O–H groups in total. The summed E-state index contributed by atoms with van der Waals surface area (Å²) >= 11 is 0.